The molecule has 0 fully saturated rings. The summed E-state index contributed by atoms with van der Waals surface area (Å²) in [6, 6.07) is 10.2. The van der Waals surface area contributed by atoms with E-state index in [1.807, 2.05) is 6.07 Å². The predicted molar refractivity (Wildman–Crippen MR) is 63.6 cm³/mol. The van der Waals surface area contributed by atoms with Crippen molar-refractivity contribution in [2.75, 3.05) is 0 Å². The molecule has 0 bridgehead atoms. The first-order valence-corrected chi connectivity index (χ1v) is 5.06. The zero-order chi connectivity index (χ0) is 12.4. The number of aryl methyl sites for hydroxylation is 1. The van der Waals surface area contributed by atoms with E-state index in [2.05, 4.69) is 4.98 Å². The summed E-state index contributed by atoms with van der Waals surface area (Å²) in [5, 5.41) is 18.7. The van der Waals surface area contributed by atoms with Gasteiger partial charge in [0, 0.05) is 16.8 Å². The van der Waals surface area contributed by atoms with E-state index in [9.17, 15) is 9.90 Å². The molecule has 0 aliphatic heterocycles. The maximum atomic E-state index is 11.6. The van der Waals surface area contributed by atoms with Gasteiger partial charge in [-0.3, -0.25) is 4.79 Å². The zero-order valence-corrected chi connectivity index (χ0v) is 9.19. The van der Waals surface area contributed by atoms with Crippen molar-refractivity contribution in [1.29, 1.82) is 5.26 Å². The summed E-state index contributed by atoms with van der Waals surface area (Å²) in [4.78, 5) is 14.2. The lowest BCUT2D eigenvalue weighted by Crippen LogP contribution is -2.12. The molecule has 1 heterocycles. The minimum atomic E-state index is -0.439. The smallest absolute Gasteiger partial charge is 0.266 e. The Balaban J connectivity index is 2.81. The highest BCUT2D eigenvalue weighted by molar-refractivity contribution is 5.75. The van der Waals surface area contributed by atoms with Crippen LogP contribution in [0.15, 0.2) is 35.1 Å². The maximum absolute atomic E-state index is 11.6. The van der Waals surface area contributed by atoms with E-state index < -0.39 is 5.56 Å². The number of rotatable bonds is 1. The highest BCUT2D eigenvalue weighted by Crippen LogP contribution is 2.29. The molecule has 1 aromatic heterocycles. The number of hydrogen-bond donors (Lipinski definition) is 2. The van der Waals surface area contributed by atoms with Crippen molar-refractivity contribution < 1.29 is 5.11 Å². The van der Waals surface area contributed by atoms with Crippen LogP contribution in [0, 0.1) is 18.3 Å². The van der Waals surface area contributed by atoms with Crippen LogP contribution in [0.5, 0.6) is 5.75 Å². The van der Waals surface area contributed by atoms with Crippen LogP contribution in [0.2, 0.25) is 0 Å². The number of pyridine rings is 1. The van der Waals surface area contributed by atoms with Gasteiger partial charge in [-0.25, -0.2) is 0 Å². The molecule has 84 valence electrons. The van der Waals surface area contributed by atoms with E-state index in [1.54, 1.807) is 31.2 Å². The Hall–Kier alpha value is -2.54. The molecule has 17 heavy (non-hydrogen) atoms. The standard InChI is InChI=1S/C13H10N2O2/c1-8-6-10(11(7-14)13(17)15-8)9-4-2-3-5-12(9)16/h2-6,16H,1H3,(H,15,17). The Morgan fingerprint density at radius 3 is 2.65 bits per heavy atom. The van der Waals surface area contributed by atoms with Crippen LogP contribution in [0.1, 0.15) is 11.3 Å². The number of para-hydroxylation sites is 1. The third kappa shape index (κ3) is 1.91. The zero-order valence-electron chi connectivity index (χ0n) is 9.19. The molecule has 0 amide bonds. The lowest BCUT2D eigenvalue weighted by atomic mass is 10.0. The molecular formula is C13H10N2O2. The minimum Gasteiger partial charge on any atom is -0.507 e. The monoisotopic (exact) mass is 226 g/mol. The number of benzene rings is 1. The SMILES string of the molecule is Cc1cc(-c2ccccc2O)c(C#N)c(=O)[nH]1. The fourth-order valence-corrected chi connectivity index (χ4v) is 1.71. The molecule has 0 aliphatic rings. The van der Waals surface area contributed by atoms with Crippen molar-refractivity contribution in [2.45, 2.75) is 6.92 Å². The normalized spacial score (nSPS) is 9.88. The van der Waals surface area contributed by atoms with Crippen molar-refractivity contribution in [3.63, 3.8) is 0 Å². The van der Waals surface area contributed by atoms with Gasteiger partial charge in [0.2, 0.25) is 0 Å². The first kappa shape index (κ1) is 11.0. The Morgan fingerprint density at radius 1 is 1.29 bits per heavy atom. The van der Waals surface area contributed by atoms with E-state index in [-0.39, 0.29) is 11.3 Å². The van der Waals surface area contributed by atoms with Crippen molar-refractivity contribution >= 4 is 0 Å². The molecule has 2 N–H and O–H groups in total. The van der Waals surface area contributed by atoms with E-state index in [0.29, 0.717) is 16.8 Å². The predicted octanol–water partition coefficient (Wildman–Crippen LogP) is 1.93. The molecule has 0 radical (unpaired) electrons. The number of aromatic nitrogens is 1. The quantitative estimate of drug-likeness (QED) is 0.779. The molecule has 4 nitrogen and oxygen atoms in total. The van der Waals surface area contributed by atoms with Crippen LogP contribution in [0.3, 0.4) is 0 Å². The molecule has 0 aliphatic carbocycles. The second kappa shape index (κ2) is 4.14. The fraction of sp³-hybridized carbons (Fsp3) is 0.0769. The number of nitriles is 1. The van der Waals surface area contributed by atoms with Crippen molar-refractivity contribution in [2.24, 2.45) is 0 Å². The maximum Gasteiger partial charge on any atom is 0.266 e. The molecule has 4 heteroatoms. The van der Waals surface area contributed by atoms with Crippen molar-refractivity contribution in [1.82, 2.24) is 4.98 Å². The minimum absolute atomic E-state index is 0.0112. The molecule has 0 spiro atoms. The van der Waals surface area contributed by atoms with E-state index >= 15 is 0 Å². The van der Waals surface area contributed by atoms with Crippen LogP contribution in [0.4, 0.5) is 0 Å². The summed E-state index contributed by atoms with van der Waals surface area (Å²) in [6.07, 6.45) is 0. The summed E-state index contributed by atoms with van der Waals surface area (Å²) in [5.41, 5.74) is 1.15. The molecule has 0 saturated heterocycles. The highest BCUT2D eigenvalue weighted by atomic mass is 16.3. The van der Waals surface area contributed by atoms with Crippen molar-refractivity contribution in [3.05, 3.63) is 51.9 Å². The largest absolute Gasteiger partial charge is 0.507 e. The molecule has 2 aromatic rings. The number of phenolic OH excluding ortho intramolecular Hbond substituents is 1. The van der Waals surface area contributed by atoms with Gasteiger partial charge in [0.25, 0.3) is 5.56 Å². The number of nitrogens with zero attached hydrogens (tertiary/aromatic N) is 1. The summed E-state index contributed by atoms with van der Waals surface area (Å²) in [7, 11) is 0. The van der Waals surface area contributed by atoms with Crippen LogP contribution in [-0.4, -0.2) is 10.1 Å². The van der Waals surface area contributed by atoms with Gasteiger partial charge in [0.05, 0.1) is 0 Å². The van der Waals surface area contributed by atoms with Crippen LogP contribution in [0.25, 0.3) is 11.1 Å². The van der Waals surface area contributed by atoms with Crippen molar-refractivity contribution in [3.8, 4) is 22.9 Å². The first-order valence-electron chi connectivity index (χ1n) is 5.06. The first-order chi connectivity index (χ1) is 8.13. The van der Waals surface area contributed by atoms with Crippen LogP contribution in [-0.2, 0) is 0 Å². The number of aromatic hydroxyl groups is 1. The average Bonchev–Trinajstić information content (AvgIpc) is 2.28. The number of H-pyrrole nitrogens is 1. The lowest BCUT2D eigenvalue weighted by molar-refractivity contribution is 0.477. The molecular weight excluding hydrogens is 216 g/mol. The Kier molecular flexibility index (Phi) is 2.67. The van der Waals surface area contributed by atoms with E-state index in [4.69, 9.17) is 5.26 Å². The molecule has 0 unspecified atom stereocenters. The summed E-state index contributed by atoms with van der Waals surface area (Å²) in [6.45, 7) is 1.73. The van der Waals surface area contributed by atoms with E-state index in [1.165, 1.54) is 6.07 Å². The highest BCUT2D eigenvalue weighted by Gasteiger charge is 2.12. The number of phenols is 1. The third-order valence-corrected chi connectivity index (χ3v) is 2.47. The summed E-state index contributed by atoms with van der Waals surface area (Å²) >= 11 is 0. The summed E-state index contributed by atoms with van der Waals surface area (Å²) in [5.74, 6) is 0.0500. The van der Waals surface area contributed by atoms with Crippen LogP contribution < -0.4 is 5.56 Å². The second-order valence-electron chi connectivity index (χ2n) is 3.70. The Labute approximate surface area is 97.8 Å². The number of hydrogen-bond acceptors (Lipinski definition) is 3. The second-order valence-corrected chi connectivity index (χ2v) is 3.70. The Bertz CT molecular complexity index is 666. The number of aromatic amines is 1. The van der Waals surface area contributed by atoms with Gasteiger partial charge < -0.3 is 10.1 Å². The lowest BCUT2D eigenvalue weighted by Gasteiger charge is -2.06. The Morgan fingerprint density at radius 2 is 2.00 bits per heavy atom. The molecule has 0 saturated carbocycles. The molecule has 2 rings (SSSR count). The van der Waals surface area contributed by atoms with Gasteiger partial charge in [-0.15, -0.1) is 0 Å². The molecule has 1 aromatic carbocycles. The van der Waals surface area contributed by atoms with Gasteiger partial charge in [0.1, 0.15) is 17.4 Å². The van der Waals surface area contributed by atoms with Gasteiger partial charge in [-0.2, -0.15) is 5.26 Å². The molecule has 0 atom stereocenters. The third-order valence-electron chi connectivity index (χ3n) is 2.47. The van der Waals surface area contributed by atoms with Gasteiger partial charge in [0.15, 0.2) is 0 Å². The van der Waals surface area contributed by atoms with Gasteiger partial charge in [-0.1, -0.05) is 18.2 Å². The van der Waals surface area contributed by atoms with Gasteiger partial charge >= 0.3 is 0 Å². The number of nitrogens with one attached hydrogen (secondary N) is 1. The van der Waals surface area contributed by atoms with E-state index in [0.717, 1.165) is 0 Å². The van der Waals surface area contributed by atoms with Crippen LogP contribution >= 0.6 is 0 Å². The summed E-state index contributed by atoms with van der Waals surface area (Å²) < 4.78 is 0. The topological polar surface area (TPSA) is 76.9 Å². The van der Waals surface area contributed by atoms with Gasteiger partial charge in [-0.05, 0) is 19.1 Å². The average molecular weight is 226 g/mol. The fourth-order valence-electron chi connectivity index (χ4n) is 1.71.